The quantitative estimate of drug-likeness (QED) is 0.449. The maximum absolute atomic E-state index is 14.6. The molecule has 206 valence electrons. The largest absolute Gasteiger partial charge is 0.378 e. The third-order valence-corrected chi connectivity index (χ3v) is 12.5. The van der Waals surface area contributed by atoms with Crippen LogP contribution in [0.5, 0.6) is 0 Å². The molecule has 38 heavy (non-hydrogen) atoms. The lowest BCUT2D eigenvalue weighted by Gasteiger charge is -2.63. The zero-order chi connectivity index (χ0) is 26.8. The highest BCUT2D eigenvalue weighted by Crippen LogP contribution is 2.72. The summed E-state index contributed by atoms with van der Waals surface area (Å²) in [5.74, 6) is 4.22. The summed E-state index contributed by atoms with van der Waals surface area (Å²) in [6, 6.07) is 6.04. The molecule has 5 aliphatic carbocycles. The molecule has 0 aromatic heterocycles. The monoisotopic (exact) mass is 520 g/mol. The molecule has 0 aliphatic heterocycles. The van der Waals surface area contributed by atoms with Gasteiger partial charge in [-0.25, -0.2) is 4.39 Å². The van der Waals surface area contributed by atoms with Gasteiger partial charge in [-0.2, -0.15) is 5.26 Å². The minimum absolute atomic E-state index is 0.00963. The fourth-order valence-corrected chi connectivity index (χ4v) is 10.9. The summed E-state index contributed by atoms with van der Waals surface area (Å²) >= 11 is 0. The highest BCUT2D eigenvalue weighted by molar-refractivity contribution is 5.94. The Morgan fingerprint density at radius 2 is 1.79 bits per heavy atom. The van der Waals surface area contributed by atoms with Crippen LogP contribution < -0.4 is 5.32 Å². The summed E-state index contributed by atoms with van der Waals surface area (Å²) in [5, 5.41) is 12.2. The van der Waals surface area contributed by atoms with Crippen LogP contribution in [0.3, 0.4) is 0 Å². The van der Waals surface area contributed by atoms with E-state index in [1.54, 1.807) is 0 Å². The van der Waals surface area contributed by atoms with Gasteiger partial charge in [0.05, 0.1) is 23.3 Å². The lowest BCUT2D eigenvalue weighted by molar-refractivity contribution is -0.137. The third kappa shape index (κ3) is 3.95. The fourth-order valence-electron chi connectivity index (χ4n) is 10.9. The highest BCUT2D eigenvalue weighted by atomic mass is 19.1. The standard InChI is InChI=1S/C33H45FN2O2/c1-5-38-30-24-11-12-27-22-13-15-32(3)25(7-6-8-26(32)21(22)14-16-33(27,4)29(24)30)19(2)36-31(37)23-10-9-20(18-35)17-28(23)34/h9-10,17,19,21-22,24-27,29-30H,5-8,11-16H2,1-4H3,(H,36,37)/t19-,21+,22?,24-,25+,26?,27+,29?,30?,32+,33-/m0/s1. The van der Waals surface area contributed by atoms with Crippen molar-refractivity contribution in [1.29, 1.82) is 5.26 Å². The van der Waals surface area contributed by atoms with Crippen molar-refractivity contribution >= 4 is 5.91 Å². The van der Waals surface area contributed by atoms with Gasteiger partial charge in [0.1, 0.15) is 5.82 Å². The van der Waals surface area contributed by atoms with E-state index in [2.05, 4.69) is 33.0 Å². The molecule has 4 nitrogen and oxygen atoms in total. The second kappa shape index (κ2) is 9.61. The SMILES string of the molecule is CCOC1C2[C@@H]1CC[C@@H]1C3CC[C@@]4(C)C(CCC[C@@H]4[C@H](C)NC(=O)c4ccc(C#N)cc4F)[C@@H]3CC[C@]21C. The molecule has 5 fully saturated rings. The van der Waals surface area contributed by atoms with E-state index in [-0.39, 0.29) is 28.5 Å². The van der Waals surface area contributed by atoms with E-state index in [4.69, 9.17) is 10.00 Å². The minimum Gasteiger partial charge on any atom is -0.378 e. The van der Waals surface area contributed by atoms with Gasteiger partial charge in [0, 0.05) is 12.6 Å². The average Bonchev–Trinajstić information content (AvgIpc) is 3.61. The Balaban J connectivity index is 1.18. The molecule has 1 N–H and O–H groups in total. The summed E-state index contributed by atoms with van der Waals surface area (Å²) < 4.78 is 20.8. The van der Waals surface area contributed by atoms with Crippen LogP contribution in [0.25, 0.3) is 0 Å². The Morgan fingerprint density at radius 1 is 1.08 bits per heavy atom. The van der Waals surface area contributed by atoms with Gasteiger partial charge in [0.25, 0.3) is 5.91 Å². The van der Waals surface area contributed by atoms with Crippen molar-refractivity contribution in [3.8, 4) is 6.07 Å². The van der Waals surface area contributed by atoms with Crippen molar-refractivity contribution in [3.05, 3.63) is 35.1 Å². The average molecular weight is 521 g/mol. The summed E-state index contributed by atoms with van der Waals surface area (Å²) in [4.78, 5) is 13.1. The molecule has 4 unspecified atom stereocenters. The van der Waals surface area contributed by atoms with Gasteiger partial charge in [0.15, 0.2) is 0 Å². The number of amides is 1. The Labute approximate surface area is 228 Å². The van der Waals surface area contributed by atoms with Crippen molar-refractivity contribution in [2.75, 3.05) is 6.61 Å². The number of nitrogens with one attached hydrogen (secondary N) is 1. The number of halogens is 1. The van der Waals surface area contributed by atoms with Gasteiger partial charge in [0.2, 0.25) is 0 Å². The van der Waals surface area contributed by atoms with E-state index in [1.165, 1.54) is 63.5 Å². The van der Waals surface area contributed by atoms with Crippen molar-refractivity contribution in [1.82, 2.24) is 5.32 Å². The van der Waals surface area contributed by atoms with Gasteiger partial charge >= 0.3 is 0 Å². The molecule has 0 spiro atoms. The van der Waals surface area contributed by atoms with Gasteiger partial charge in [-0.3, -0.25) is 4.79 Å². The Bertz CT molecular complexity index is 1130. The molecule has 0 bridgehead atoms. The number of rotatable bonds is 5. The number of nitrogens with zero attached hydrogens (tertiary/aromatic N) is 1. The number of benzene rings is 1. The van der Waals surface area contributed by atoms with Crippen LogP contribution in [-0.4, -0.2) is 24.7 Å². The first kappa shape index (κ1) is 26.3. The zero-order valence-corrected chi connectivity index (χ0v) is 23.6. The van der Waals surface area contributed by atoms with Crippen molar-refractivity contribution < 1.29 is 13.9 Å². The third-order valence-electron chi connectivity index (χ3n) is 12.5. The number of carbonyl (C=O) groups excluding carboxylic acids is 1. The number of hydrogen-bond donors (Lipinski definition) is 1. The van der Waals surface area contributed by atoms with E-state index in [1.807, 2.05) is 6.07 Å². The molecule has 0 heterocycles. The molecule has 0 radical (unpaired) electrons. The number of nitriles is 1. The van der Waals surface area contributed by atoms with E-state index < -0.39 is 5.82 Å². The van der Waals surface area contributed by atoms with Crippen LogP contribution in [-0.2, 0) is 4.74 Å². The molecule has 5 heteroatoms. The lowest BCUT2D eigenvalue weighted by atomic mass is 9.42. The van der Waals surface area contributed by atoms with Crippen molar-refractivity contribution in [3.63, 3.8) is 0 Å². The minimum atomic E-state index is -0.621. The molecule has 5 saturated carbocycles. The molecule has 11 atom stereocenters. The number of hydrogen-bond acceptors (Lipinski definition) is 3. The fraction of sp³-hybridized carbons (Fsp3) is 0.758. The smallest absolute Gasteiger partial charge is 0.254 e. The summed E-state index contributed by atoms with van der Waals surface area (Å²) in [5.41, 5.74) is 0.939. The van der Waals surface area contributed by atoms with E-state index in [9.17, 15) is 9.18 Å². The first-order valence-electron chi connectivity index (χ1n) is 15.3. The van der Waals surface area contributed by atoms with Crippen molar-refractivity contribution in [2.24, 2.45) is 52.3 Å². The Morgan fingerprint density at radius 3 is 2.47 bits per heavy atom. The van der Waals surface area contributed by atoms with E-state index in [0.29, 0.717) is 17.4 Å². The number of fused-ring (bicyclic) bond motifs is 7. The predicted octanol–water partition coefficient (Wildman–Crippen LogP) is 7.13. The molecular weight excluding hydrogens is 475 g/mol. The Kier molecular flexibility index (Phi) is 6.65. The normalized spacial score (nSPS) is 43.9. The van der Waals surface area contributed by atoms with Crippen molar-refractivity contribution in [2.45, 2.75) is 97.6 Å². The summed E-state index contributed by atoms with van der Waals surface area (Å²) in [7, 11) is 0. The molecule has 5 aliphatic rings. The second-order valence-electron chi connectivity index (χ2n) is 13.9. The Hall–Kier alpha value is -1.93. The summed E-state index contributed by atoms with van der Waals surface area (Å²) in [6.45, 7) is 10.2. The van der Waals surface area contributed by atoms with Crippen LogP contribution in [0.4, 0.5) is 4.39 Å². The molecular formula is C33H45FN2O2. The van der Waals surface area contributed by atoms with Gasteiger partial charge in [-0.1, -0.05) is 20.3 Å². The van der Waals surface area contributed by atoms with Gasteiger partial charge in [-0.15, -0.1) is 0 Å². The maximum atomic E-state index is 14.6. The van der Waals surface area contributed by atoms with Crippen LogP contribution in [0.1, 0.15) is 101 Å². The zero-order valence-electron chi connectivity index (χ0n) is 23.6. The predicted molar refractivity (Wildman–Crippen MR) is 146 cm³/mol. The topological polar surface area (TPSA) is 62.1 Å². The van der Waals surface area contributed by atoms with Crippen LogP contribution in [0.15, 0.2) is 18.2 Å². The molecule has 6 rings (SSSR count). The van der Waals surface area contributed by atoms with Gasteiger partial charge < -0.3 is 10.1 Å². The molecule has 1 aromatic rings. The van der Waals surface area contributed by atoms with E-state index in [0.717, 1.165) is 54.6 Å². The lowest BCUT2D eigenvalue weighted by Crippen LogP contribution is -2.57. The van der Waals surface area contributed by atoms with Gasteiger partial charge in [-0.05, 0) is 136 Å². The maximum Gasteiger partial charge on any atom is 0.254 e. The van der Waals surface area contributed by atoms with Crippen LogP contribution >= 0.6 is 0 Å². The summed E-state index contributed by atoms with van der Waals surface area (Å²) in [6.07, 6.45) is 12.2. The number of ether oxygens (including phenoxy) is 1. The van der Waals surface area contributed by atoms with Crippen LogP contribution in [0.2, 0.25) is 0 Å². The molecule has 1 aromatic carbocycles. The van der Waals surface area contributed by atoms with Crippen LogP contribution in [0, 0.1) is 69.4 Å². The number of carbonyl (C=O) groups is 1. The second-order valence-corrected chi connectivity index (χ2v) is 13.9. The molecule has 0 saturated heterocycles. The highest BCUT2D eigenvalue weighted by Gasteiger charge is 2.68. The first-order valence-corrected chi connectivity index (χ1v) is 15.3. The first-order chi connectivity index (χ1) is 18.2. The van der Waals surface area contributed by atoms with E-state index >= 15 is 0 Å². The molecule has 1 amide bonds.